The molecule has 0 atom stereocenters. The van der Waals surface area contributed by atoms with Gasteiger partial charge in [0.05, 0.1) is 18.2 Å². The Bertz CT molecular complexity index is 459. The van der Waals surface area contributed by atoms with Crippen LogP contribution in [0.15, 0.2) is 11.0 Å². The van der Waals surface area contributed by atoms with E-state index in [4.69, 9.17) is 11.6 Å². The molecule has 0 aliphatic carbocycles. The van der Waals surface area contributed by atoms with Crippen molar-refractivity contribution in [2.45, 2.75) is 12.3 Å². The standard InChI is InChI=1S/C9H8ClF2NO3/c1-16-9(15)5-3-13-8(14)6(7(11)12)4(5)2-10/h3,7H,2H2,1H3,(H,13,14). The van der Waals surface area contributed by atoms with E-state index < -0.39 is 23.5 Å². The van der Waals surface area contributed by atoms with E-state index in [1.807, 2.05) is 4.98 Å². The summed E-state index contributed by atoms with van der Waals surface area (Å²) in [5.74, 6) is -1.19. The lowest BCUT2D eigenvalue weighted by Gasteiger charge is -2.09. The van der Waals surface area contributed by atoms with Crippen LogP contribution >= 0.6 is 11.6 Å². The zero-order chi connectivity index (χ0) is 12.3. The molecule has 1 N–H and O–H groups in total. The first kappa shape index (κ1) is 12.6. The molecule has 0 unspecified atom stereocenters. The molecule has 1 rings (SSSR count). The van der Waals surface area contributed by atoms with Gasteiger partial charge in [0.25, 0.3) is 12.0 Å². The summed E-state index contributed by atoms with van der Waals surface area (Å²) in [6, 6.07) is 0. The molecular weight excluding hydrogens is 244 g/mol. The molecule has 0 fully saturated rings. The highest BCUT2D eigenvalue weighted by Crippen LogP contribution is 2.23. The molecule has 0 aliphatic heterocycles. The zero-order valence-electron chi connectivity index (χ0n) is 8.22. The van der Waals surface area contributed by atoms with Crippen LogP contribution < -0.4 is 5.56 Å². The number of carbonyl (C=O) groups excluding carboxylic acids is 1. The van der Waals surface area contributed by atoms with Crippen molar-refractivity contribution in [3.63, 3.8) is 0 Å². The molecular formula is C9H8ClF2NO3. The quantitative estimate of drug-likeness (QED) is 0.659. The van der Waals surface area contributed by atoms with Crippen LogP contribution in [-0.4, -0.2) is 18.1 Å². The third-order valence-electron chi connectivity index (χ3n) is 2.00. The molecule has 1 aromatic rings. The Balaban J connectivity index is 3.49. The summed E-state index contributed by atoms with van der Waals surface area (Å²) in [5.41, 5.74) is -2.11. The van der Waals surface area contributed by atoms with Crippen LogP contribution in [0.3, 0.4) is 0 Å². The van der Waals surface area contributed by atoms with Crippen molar-refractivity contribution in [3.05, 3.63) is 33.2 Å². The van der Waals surface area contributed by atoms with E-state index >= 15 is 0 Å². The second kappa shape index (κ2) is 5.07. The van der Waals surface area contributed by atoms with E-state index in [-0.39, 0.29) is 17.0 Å². The highest BCUT2D eigenvalue weighted by atomic mass is 35.5. The Morgan fingerprint density at radius 2 is 2.25 bits per heavy atom. The summed E-state index contributed by atoms with van der Waals surface area (Å²) in [5, 5.41) is 0. The molecule has 0 bridgehead atoms. The number of aromatic nitrogens is 1. The van der Waals surface area contributed by atoms with E-state index in [9.17, 15) is 18.4 Å². The number of esters is 1. The average Bonchev–Trinajstić information content (AvgIpc) is 2.26. The summed E-state index contributed by atoms with van der Waals surface area (Å²) in [6.07, 6.45) is -1.99. The maximum Gasteiger partial charge on any atom is 0.339 e. The summed E-state index contributed by atoms with van der Waals surface area (Å²) in [6.45, 7) is 0. The Labute approximate surface area is 94.2 Å². The Morgan fingerprint density at radius 1 is 1.62 bits per heavy atom. The van der Waals surface area contributed by atoms with Crippen molar-refractivity contribution in [2.24, 2.45) is 0 Å². The van der Waals surface area contributed by atoms with Gasteiger partial charge in [-0.1, -0.05) is 0 Å². The second-order valence-electron chi connectivity index (χ2n) is 2.85. The van der Waals surface area contributed by atoms with Gasteiger partial charge < -0.3 is 9.72 Å². The molecule has 4 nitrogen and oxygen atoms in total. The van der Waals surface area contributed by atoms with Gasteiger partial charge in [0, 0.05) is 12.1 Å². The molecule has 0 radical (unpaired) electrons. The normalized spacial score (nSPS) is 10.6. The number of hydrogen-bond donors (Lipinski definition) is 1. The molecule has 16 heavy (non-hydrogen) atoms. The summed E-state index contributed by atoms with van der Waals surface area (Å²) in [4.78, 5) is 24.4. The number of methoxy groups -OCH3 is 1. The topological polar surface area (TPSA) is 59.2 Å². The van der Waals surface area contributed by atoms with Crippen LogP contribution in [0.1, 0.15) is 27.9 Å². The van der Waals surface area contributed by atoms with Crippen LogP contribution in [-0.2, 0) is 10.6 Å². The Morgan fingerprint density at radius 3 is 2.69 bits per heavy atom. The predicted octanol–water partition coefficient (Wildman–Crippen LogP) is 1.84. The first-order valence-corrected chi connectivity index (χ1v) is 4.73. The van der Waals surface area contributed by atoms with Gasteiger partial charge in [-0.3, -0.25) is 4.79 Å². The largest absolute Gasteiger partial charge is 0.465 e. The van der Waals surface area contributed by atoms with Crippen LogP contribution in [0.5, 0.6) is 0 Å². The first-order chi connectivity index (χ1) is 7.52. The van der Waals surface area contributed by atoms with Gasteiger partial charge in [0.1, 0.15) is 0 Å². The minimum Gasteiger partial charge on any atom is -0.465 e. The van der Waals surface area contributed by atoms with Gasteiger partial charge in [0.2, 0.25) is 0 Å². The van der Waals surface area contributed by atoms with E-state index in [0.717, 1.165) is 13.3 Å². The van der Waals surface area contributed by atoms with Gasteiger partial charge in [0.15, 0.2) is 0 Å². The lowest BCUT2D eigenvalue weighted by atomic mass is 10.1. The fraction of sp³-hybridized carbons (Fsp3) is 0.333. The van der Waals surface area contributed by atoms with Gasteiger partial charge in [-0.2, -0.15) is 0 Å². The molecule has 0 saturated heterocycles. The third-order valence-corrected chi connectivity index (χ3v) is 2.27. The van der Waals surface area contributed by atoms with Crippen molar-refractivity contribution in [2.75, 3.05) is 7.11 Å². The Hall–Kier alpha value is -1.43. The van der Waals surface area contributed by atoms with E-state index in [1.54, 1.807) is 0 Å². The van der Waals surface area contributed by atoms with E-state index in [0.29, 0.717) is 0 Å². The van der Waals surface area contributed by atoms with Crippen LogP contribution in [0, 0.1) is 0 Å². The van der Waals surface area contributed by atoms with Crippen molar-refractivity contribution in [1.29, 1.82) is 0 Å². The minimum atomic E-state index is -3.00. The average molecular weight is 252 g/mol. The molecule has 1 aromatic heterocycles. The first-order valence-electron chi connectivity index (χ1n) is 4.19. The molecule has 0 aromatic carbocycles. The highest BCUT2D eigenvalue weighted by molar-refractivity contribution is 6.17. The zero-order valence-corrected chi connectivity index (χ0v) is 8.98. The summed E-state index contributed by atoms with van der Waals surface area (Å²) >= 11 is 5.46. The number of hydrogen-bond acceptors (Lipinski definition) is 3. The number of H-pyrrole nitrogens is 1. The van der Waals surface area contributed by atoms with Crippen molar-refractivity contribution in [3.8, 4) is 0 Å². The van der Waals surface area contributed by atoms with Crippen molar-refractivity contribution >= 4 is 17.6 Å². The summed E-state index contributed by atoms with van der Waals surface area (Å²) in [7, 11) is 1.10. The maximum atomic E-state index is 12.6. The van der Waals surface area contributed by atoms with Gasteiger partial charge in [-0.25, -0.2) is 13.6 Å². The predicted molar refractivity (Wildman–Crippen MR) is 52.9 cm³/mol. The number of ether oxygens (including phenoxy) is 1. The number of carbonyl (C=O) groups is 1. The van der Waals surface area contributed by atoms with E-state index in [1.165, 1.54) is 0 Å². The third kappa shape index (κ3) is 2.21. The fourth-order valence-electron chi connectivity index (χ4n) is 1.25. The highest BCUT2D eigenvalue weighted by Gasteiger charge is 2.23. The lowest BCUT2D eigenvalue weighted by Crippen LogP contribution is -2.20. The monoisotopic (exact) mass is 251 g/mol. The van der Waals surface area contributed by atoms with Crippen LogP contribution in [0.4, 0.5) is 8.78 Å². The molecule has 0 saturated carbocycles. The molecule has 0 amide bonds. The Kier molecular flexibility index (Phi) is 4.00. The van der Waals surface area contributed by atoms with Crippen LogP contribution in [0.25, 0.3) is 0 Å². The maximum absolute atomic E-state index is 12.6. The van der Waals surface area contributed by atoms with Crippen LogP contribution in [0.2, 0.25) is 0 Å². The molecule has 0 spiro atoms. The molecule has 0 aliphatic rings. The van der Waals surface area contributed by atoms with E-state index in [2.05, 4.69) is 4.74 Å². The molecule has 1 heterocycles. The van der Waals surface area contributed by atoms with Gasteiger partial charge >= 0.3 is 5.97 Å². The van der Waals surface area contributed by atoms with Gasteiger partial charge in [-0.15, -0.1) is 11.6 Å². The number of pyridine rings is 1. The second-order valence-corrected chi connectivity index (χ2v) is 3.12. The SMILES string of the molecule is COC(=O)c1c[nH]c(=O)c(C(F)F)c1CCl. The fourth-order valence-corrected chi connectivity index (χ4v) is 1.54. The number of halogens is 3. The molecule has 7 heteroatoms. The van der Waals surface area contributed by atoms with Gasteiger partial charge in [-0.05, 0) is 5.56 Å². The van der Waals surface area contributed by atoms with Crippen molar-refractivity contribution < 1.29 is 18.3 Å². The number of nitrogens with one attached hydrogen (secondary N) is 1. The number of alkyl halides is 3. The van der Waals surface area contributed by atoms with Crippen molar-refractivity contribution in [1.82, 2.24) is 4.98 Å². The smallest absolute Gasteiger partial charge is 0.339 e. The lowest BCUT2D eigenvalue weighted by molar-refractivity contribution is 0.0598. The minimum absolute atomic E-state index is 0.160. The molecule has 88 valence electrons. The number of rotatable bonds is 3. The number of aromatic amines is 1. The summed E-state index contributed by atoms with van der Waals surface area (Å²) < 4.78 is 29.6.